The molecule has 0 saturated carbocycles. The predicted molar refractivity (Wildman–Crippen MR) is 73.3 cm³/mol. The molecule has 1 aromatic carbocycles. The number of carboxylic acids is 1. The normalized spacial score (nSPS) is 11.2. The molecule has 0 radical (unpaired) electrons. The summed E-state index contributed by atoms with van der Waals surface area (Å²) in [6.45, 7) is 1.77. The third-order valence-electron chi connectivity index (χ3n) is 2.50. The minimum absolute atomic E-state index is 0.193. The van der Waals surface area contributed by atoms with Gasteiger partial charge in [-0.3, -0.25) is 4.72 Å². The summed E-state index contributed by atoms with van der Waals surface area (Å²) in [7, 11) is -3.89. The molecule has 0 aliphatic heterocycles. The number of nitrogens with one attached hydrogen (secondary N) is 1. The molecule has 0 bridgehead atoms. The lowest BCUT2D eigenvalue weighted by atomic mass is 10.2. The van der Waals surface area contributed by atoms with E-state index in [0.29, 0.717) is 5.69 Å². The molecule has 2 rings (SSSR count). The van der Waals surface area contributed by atoms with Crippen LogP contribution in [0.1, 0.15) is 15.2 Å². The first-order valence-corrected chi connectivity index (χ1v) is 7.67. The second-order valence-corrected chi connectivity index (χ2v) is 6.41. The Hall–Kier alpha value is -1.86. The lowest BCUT2D eigenvalue weighted by Crippen LogP contribution is -2.15. The third-order valence-corrected chi connectivity index (χ3v) is 4.94. The van der Waals surface area contributed by atoms with Gasteiger partial charge in [-0.05, 0) is 30.0 Å². The minimum Gasteiger partial charge on any atom is -0.477 e. The van der Waals surface area contributed by atoms with E-state index in [-0.39, 0.29) is 9.77 Å². The van der Waals surface area contributed by atoms with Crippen molar-refractivity contribution in [1.82, 2.24) is 0 Å². The Morgan fingerprint density at radius 3 is 2.58 bits per heavy atom. The van der Waals surface area contributed by atoms with Gasteiger partial charge >= 0.3 is 5.97 Å². The highest BCUT2D eigenvalue weighted by molar-refractivity contribution is 7.93. The number of benzene rings is 1. The number of aromatic carboxylic acids is 1. The molecule has 7 heteroatoms. The van der Waals surface area contributed by atoms with Crippen LogP contribution in [0.5, 0.6) is 0 Å². The summed E-state index contributed by atoms with van der Waals surface area (Å²) < 4.78 is 26.7. The highest BCUT2D eigenvalue weighted by Crippen LogP contribution is 2.25. The number of anilines is 1. The van der Waals surface area contributed by atoms with Crippen molar-refractivity contribution in [3.8, 4) is 0 Å². The van der Waals surface area contributed by atoms with E-state index in [1.165, 1.54) is 11.4 Å². The molecule has 0 atom stereocenters. The maximum Gasteiger partial charge on any atom is 0.347 e. The average molecular weight is 297 g/mol. The molecular formula is C12H11NO4S2. The van der Waals surface area contributed by atoms with E-state index in [4.69, 9.17) is 5.11 Å². The first-order valence-electron chi connectivity index (χ1n) is 5.31. The fraction of sp³-hybridized carbons (Fsp3) is 0.0833. The number of aryl methyl sites for hydroxylation is 1. The molecule has 0 fully saturated rings. The molecule has 100 valence electrons. The SMILES string of the molecule is Cc1ccccc1NS(=O)(=O)c1ccsc1C(=O)O. The molecule has 1 aromatic heterocycles. The van der Waals surface area contributed by atoms with Crippen LogP contribution in [-0.4, -0.2) is 19.5 Å². The highest BCUT2D eigenvalue weighted by Gasteiger charge is 2.24. The second kappa shape index (κ2) is 5.02. The Morgan fingerprint density at radius 1 is 1.26 bits per heavy atom. The van der Waals surface area contributed by atoms with Crippen molar-refractivity contribution in [1.29, 1.82) is 0 Å². The topological polar surface area (TPSA) is 83.5 Å². The zero-order valence-corrected chi connectivity index (χ0v) is 11.6. The summed E-state index contributed by atoms with van der Waals surface area (Å²) in [4.78, 5) is 10.6. The standard InChI is InChI=1S/C12H11NO4S2/c1-8-4-2-3-5-9(8)13-19(16,17)10-6-7-18-11(10)12(14)15/h2-7,13H,1H3,(H,14,15). The maximum atomic E-state index is 12.2. The minimum atomic E-state index is -3.89. The zero-order chi connectivity index (χ0) is 14.0. The summed E-state index contributed by atoms with van der Waals surface area (Å²) in [5, 5.41) is 10.4. The molecule has 0 amide bonds. The van der Waals surface area contributed by atoms with E-state index in [1.54, 1.807) is 31.2 Å². The summed E-state index contributed by atoms with van der Waals surface area (Å²) in [6.07, 6.45) is 0. The Labute approximate surface area is 114 Å². The summed E-state index contributed by atoms with van der Waals surface area (Å²) >= 11 is 0.881. The van der Waals surface area contributed by atoms with Gasteiger partial charge in [0, 0.05) is 0 Å². The molecule has 0 aliphatic rings. The monoisotopic (exact) mass is 297 g/mol. The van der Waals surface area contributed by atoms with E-state index in [0.717, 1.165) is 16.9 Å². The fourth-order valence-electron chi connectivity index (χ4n) is 1.55. The van der Waals surface area contributed by atoms with Gasteiger partial charge in [0.1, 0.15) is 9.77 Å². The largest absolute Gasteiger partial charge is 0.477 e. The van der Waals surface area contributed by atoms with Gasteiger partial charge in [-0.1, -0.05) is 18.2 Å². The van der Waals surface area contributed by atoms with E-state index < -0.39 is 16.0 Å². The van der Waals surface area contributed by atoms with E-state index in [2.05, 4.69) is 4.72 Å². The second-order valence-electron chi connectivity index (χ2n) is 3.84. The molecule has 2 aromatic rings. The van der Waals surface area contributed by atoms with Gasteiger partial charge < -0.3 is 5.11 Å². The zero-order valence-electron chi connectivity index (χ0n) is 9.95. The molecule has 19 heavy (non-hydrogen) atoms. The van der Waals surface area contributed by atoms with Crippen molar-refractivity contribution in [2.24, 2.45) is 0 Å². The number of carbonyl (C=O) groups is 1. The van der Waals surface area contributed by atoms with Gasteiger partial charge in [-0.25, -0.2) is 13.2 Å². The maximum absolute atomic E-state index is 12.2. The first-order chi connectivity index (χ1) is 8.92. The van der Waals surface area contributed by atoms with E-state index >= 15 is 0 Å². The van der Waals surface area contributed by atoms with Gasteiger partial charge in [0.2, 0.25) is 0 Å². The Balaban J connectivity index is 2.41. The summed E-state index contributed by atoms with van der Waals surface area (Å²) in [6, 6.07) is 8.18. The number of carboxylic acid groups (broad SMARTS) is 1. The average Bonchev–Trinajstić information content (AvgIpc) is 2.82. The van der Waals surface area contributed by atoms with Gasteiger partial charge in [-0.2, -0.15) is 0 Å². The lowest BCUT2D eigenvalue weighted by Gasteiger charge is -2.09. The molecular weight excluding hydrogens is 286 g/mol. The van der Waals surface area contributed by atoms with Crippen molar-refractivity contribution in [2.45, 2.75) is 11.8 Å². The van der Waals surface area contributed by atoms with Crippen molar-refractivity contribution < 1.29 is 18.3 Å². The number of para-hydroxylation sites is 1. The number of hydrogen-bond donors (Lipinski definition) is 2. The molecule has 0 spiro atoms. The number of thiophene rings is 1. The summed E-state index contributed by atoms with van der Waals surface area (Å²) in [5.74, 6) is -1.25. The van der Waals surface area contributed by atoms with Crippen LogP contribution in [-0.2, 0) is 10.0 Å². The molecule has 5 nitrogen and oxygen atoms in total. The van der Waals surface area contributed by atoms with Gasteiger partial charge in [0.05, 0.1) is 5.69 Å². The van der Waals surface area contributed by atoms with Crippen LogP contribution in [0.15, 0.2) is 40.6 Å². The van der Waals surface area contributed by atoms with E-state index in [9.17, 15) is 13.2 Å². The molecule has 0 saturated heterocycles. The number of hydrogen-bond acceptors (Lipinski definition) is 4. The van der Waals surface area contributed by atoms with Crippen LogP contribution in [0.4, 0.5) is 5.69 Å². The lowest BCUT2D eigenvalue weighted by molar-refractivity contribution is 0.0698. The van der Waals surface area contributed by atoms with Gasteiger partial charge in [-0.15, -0.1) is 11.3 Å². The quantitative estimate of drug-likeness (QED) is 0.908. The Bertz CT molecular complexity index is 719. The molecule has 0 aliphatic carbocycles. The van der Waals surface area contributed by atoms with Crippen LogP contribution in [0.2, 0.25) is 0 Å². The fourth-order valence-corrected chi connectivity index (χ4v) is 3.94. The highest BCUT2D eigenvalue weighted by atomic mass is 32.2. The third kappa shape index (κ3) is 2.77. The number of rotatable bonds is 4. The van der Waals surface area contributed by atoms with Crippen molar-refractivity contribution in [3.05, 3.63) is 46.2 Å². The smallest absolute Gasteiger partial charge is 0.347 e. The van der Waals surface area contributed by atoms with Gasteiger partial charge in [0.15, 0.2) is 0 Å². The van der Waals surface area contributed by atoms with Crippen LogP contribution in [0, 0.1) is 6.92 Å². The first kappa shape index (κ1) is 13.6. The van der Waals surface area contributed by atoms with Crippen molar-refractivity contribution in [2.75, 3.05) is 4.72 Å². The van der Waals surface area contributed by atoms with Crippen LogP contribution in [0.3, 0.4) is 0 Å². The van der Waals surface area contributed by atoms with E-state index in [1.807, 2.05) is 0 Å². The summed E-state index contributed by atoms with van der Waals surface area (Å²) in [5.41, 5.74) is 1.20. The van der Waals surface area contributed by atoms with Crippen LogP contribution in [0.25, 0.3) is 0 Å². The molecule has 1 heterocycles. The number of sulfonamides is 1. The Kier molecular flexibility index (Phi) is 3.59. The predicted octanol–water partition coefficient (Wildman–Crippen LogP) is 2.56. The van der Waals surface area contributed by atoms with Crippen LogP contribution >= 0.6 is 11.3 Å². The Morgan fingerprint density at radius 2 is 1.95 bits per heavy atom. The van der Waals surface area contributed by atoms with Gasteiger partial charge in [0.25, 0.3) is 10.0 Å². The van der Waals surface area contributed by atoms with Crippen molar-refractivity contribution in [3.63, 3.8) is 0 Å². The van der Waals surface area contributed by atoms with Crippen LogP contribution < -0.4 is 4.72 Å². The van der Waals surface area contributed by atoms with Crippen molar-refractivity contribution >= 4 is 33.0 Å². The molecule has 2 N–H and O–H groups in total. The molecule has 0 unspecified atom stereocenters.